The third kappa shape index (κ3) is 3.86. The van der Waals surface area contributed by atoms with Crippen LogP contribution in [0, 0.1) is 41.5 Å². The summed E-state index contributed by atoms with van der Waals surface area (Å²) < 4.78 is 0. The second-order valence-corrected chi connectivity index (χ2v) is 9.16. The van der Waals surface area contributed by atoms with Crippen molar-refractivity contribution >= 4 is 43.6 Å². The summed E-state index contributed by atoms with van der Waals surface area (Å²) >= 11 is 0. The smallest absolute Gasteiger partial charge is 0.0968 e. The molecule has 0 amide bonds. The van der Waals surface area contributed by atoms with Gasteiger partial charge in [0.2, 0.25) is 0 Å². The van der Waals surface area contributed by atoms with E-state index in [1.807, 2.05) is 32.3 Å². The van der Waals surface area contributed by atoms with E-state index in [1.54, 1.807) is 0 Å². The zero-order chi connectivity index (χ0) is 24.0. The number of benzene rings is 2. The third-order valence-electron chi connectivity index (χ3n) is 6.57. The van der Waals surface area contributed by atoms with Crippen LogP contribution < -0.4 is 0 Å². The number of nitrogens with zero attached hydrogens (tertiary/aromatic N) is 4. The van der Waals surface area contributed by atoms with Gasteiger partial charge in [0.05, 0.1) is 22.1 Å². The van der Waals surface area contributed by atoms with E-state index in [1.165, 1.54) is 33.0 Å². The quantitative estimate of drug-likeness (QED) is 0.229. The number of aryl methyl sites for hydroxylation is 6. The molecule has 0 aliphatic rings. The molecule has 4 nitrogen and oxygen atoms in total. The summed E-state index contributed by atoms with van der Waals surface area (Å²) in [6, 6.07) is 17.1. The summed E-state index contributed by atoms with van der Waals surface area (Å²) in [6.07, 6.45) is 3.76. The molecule has 0 aliphatic heterocycles. The Bertz CT molecular complexity index is 1720. The Kier molecular flexibility index (Phi) is 5.45. The van der Waals surface area contributed by atoms with Gasteiger partial charge in [-0.3, -0.25) is 19.9 Å². The van der Waals surface area contributed by atoms with Gasteiger partial charge in [0.1, 0.15) is 0 Å². The van der Waals surface area contributed by atoms with Crippen molar-refractivity contribution in [1.82, 2.24) is 19.9 Å². The van der Waals surface area contributed by atoms with Gasteiger partial charge in [-0.1, -0.05) is 24.3 Å². The number of hydrogen-bond acceptors (Lipinski definition) is 4. The first-order valence-corrected chi connectivity index (χ1v) is 11.6. The average molecular weight is 445 g/mol. The first kappa shape index (κ1) is 21.9. The molecule has 4 aromatic heterocycles. The molecule has 0 N–H and O–H groups in total. The minimum absolute atomic E-state index is 0.996. The molecule has 0 unspecified atom stereocenters. The van der Waals surface area contributed by atoms with Crippen LogP contribution >= 0.6 is 0 Å². The Balaban J connectivity index is 0.000000142. The van der Waals surface area contributed by atoms with E-state index < -0.39 is 0 Å². The molecule has 6 aromatic rings. The molecule has 2 aromatic carbocycles. The zero-order valence-corrected chi connectivity index (χ0v) is 20.6. The van der Waals surface area contributed by atoms with Crippen LogP contribution in [0.25, 0.3) is 43.6 Å². The molecule has 0 spiro atoms. The van der Waals surface area contributed by atoms with Crippen molar-refractivity contribution < 1.29 is 0 Å². The Labute approximate surface area is 199 Å². The van der Waals surface area contributed by atoms with Gasteiger partial charge >= 0.3 is 0 Å². The first-order valence-electron chi connectivity index (χ1n) is 11.6. The highest BCUT2D eigenvalue weighted by atomic mass is 14.8. The molecule has 0 saturated carbocycles. The number of hydrogen-bond donors (Lipinski definition) is 0. The molecule has 0 fully saturated rings. The second kappa shape index (κ2) is 8.45. The average Bonchev–Trinajstić information content (AvgIpc) is 2.81. The van der Waals surface area contributed by atoms with E-state index in [4.69, 9.17) is 0 Å². The van der Waals surface area contributed by atoms with Crippen molar-refractivity contribution in [3.05, 3.63) is 94.6 Å². The number of pyridine rings is 4. The molecule has 0 bridgehead atoms. The second-order valence-electron chi connectivity index (χ2n) is 9.16. The topological polar surface area (TPSA) is 51.6 Å². The van der Waals surface area contributed by atoms with Crippen molar-refractivity contribution in [3.8, 4) is 0 Å². The molecule has 4 heteroatoms. The Morgan fingerprint density at radius 1 is 0.500 bits per heavy atom. The Hall–Kier alpha value is -3.92. The van der Waals surface area contributed by atoms with Gasteiger partial charge in [-0.2, -0.15) is 0 Å². The van der Waals surface area contributed by atoms with E-state index in [0.717, 1.165) is 44.2 Å². The highest BCUT2D eigenvalue weighted by molar-refractivity contribution is 6.04. The normalized spacial score (nSPS) is 11.2. The standard InChI is InChI=1S/2C15H14N2/c1-9-6-12-4-5-13-7-10(2)11(3)17-15(13)14(12)16-8-9;1-9-6-7-16-15-13(9)5-4-12-8-10(2)11(3)17-14(12)15/h2*4-8H,1-3H3. The van der Waals surface area contributed by atoms with Crippen molar-refractivity contribution in [2.24, 2.45) is 0 Å². The van der Waals surface area contributed by atoms with Gasteiger partial charge in [-0.05, 0) is 88.1 Å². The fourth-order valence-corrected chi connectivity index (χ4v) is 4.32. The lowest BCUT2D eigenvalue weighted by molar-refractivity contribution is 1.19. The fourth-order valence-electron chi connectivity index (χ4n) is 4.32. The van der Waals surface area contributed by atoms with Gasteiger partial charge in [0.15, 0.2) is 0 Å². The molecule has 0 radical (unpaired) electrons. The van der Waals surface area contributed by atoms with Gasteiger partial charge in [0.25, 0.3) is 0 Å². The largest absolute Gasteiger partial charge is 0.254 e. The summed E-state index contributed by atoms with van der Waals surface area (Å²) in [4.78, 5) is 18.3. The lowest BCUT2D eigenvalue weighted by atomic mass is 10.1. The minimum atomic E-state index is 0.996. The maximum absolute atomic E-state index is 4.68. The molecule has 0 atom stereocenters. The van der Waals surface area contributed by atoms with E-state index >= 15 is 0 Å². The summed E-state index contributed by atoms with van der Waals surface area (Å²) in [7, 11) is 0. The van der Waals surface area contributed by atoms with Crippen LogP contribution in [0.15, 0.2) is 60.9 Å². The Morgan fingerprint density at radius 2 is 1.06 bits per heavy atom. The summed E-state index contributed by atoms with van der Waals surface area (Å²) in [5.41, 5.74) is 11.0. The maximum Gasteiger partial charge on any atom is 0.0968 e. The van der Waals surface area contributed by atoms with Crippen molar-refractivity contribution in [2.45, 2.75) is 41.5 Å². The number of fused-ring (bicyclic) bond motifs is 6. The van der Waals surface area contributed by atoms with Gasteiger partial charge < -0.3 is 0 Å². The molecule has 4 heterocycles. The van der Waals surface area contributed by atoms with E-state index in [9.17, 15) is 0 Å². The predicted octanol–water partition coefficient (Wildman–Crippen LogP) is 7.42. The maximum atomic E-state index is 4.68. The van der Waals surface area contributed by atoms with E-state index in [0.29, 0.717) is 0 Å². The molecular formula is C30H28N4. The van der Waals surface area contributed by atoms with Crippen molar-refractivity contribution in [3.63, 3.8) is 0 Å². The molecule has 34 heavy (non-hydrogen) atoms. The summed E-state index contributed by atoms with van der Waals surface area (Å²) in [6.45, 7) is 12.4. The molecule has 0 aliphatic carbocycles. The van der Waals surface area contributed by atoms with E-state index in [2.05, 4.69) is 90.1 Å². The van der Waals surface area contributed by atoms with Crippen LogP contribution in [-0.4, -0.2) is 19.9 Å². The van der Waals surface area contributed by atoms with Crippen LogP contribution in [0.3, 0.4) is 0 Å². The molecular weight excluding hydrogens is 416 g/mol. The van der Waals surface area contributed by atoms with Crippen LogP contribution in [0.2, 0.25) is 0 Å². The predicted molar refractivity (Wildman–Crippen MR) is 143 cm³/mol. The van der Waals surface area contributed by atoms with E-state index in [-0.39, 0.29) is 0 Å². The van der Waals surface area contributed by atoms with Crippen LogP contribution in [-0.2, 0) is 0 Å². The highest BCUT2D eigenvalue weighted by Gasteiger charge is 2.07. The molecule has 0 saturated heterocycles. The summed E-state index contributed by atoms with van der Waals surface area (Å²) in [5.74, 6) is 0. The van der Waals surface area contributed by atoms with Crippen LogP contribution in [0.1, 0.15) is 33.6 Å². The van der Waals surface area contributed by atoms with Crippen LogP contribution in [0.4, 0.5) is 0 Å². The van der Waals surface area contributed by atoms with Gasteiger partial charge in [-0.15, -0.1) is 0 Å². The highest BCUT2D eigenvalue weighted by Crippen LogP contribution is 2.26. The number of rotatable bonds is 0. The molecule has 168 valence electrons. The minimum Gasteiger partial charge on any atom is -0.254 e. The lowest BCUT2D eigenvalue weighted by Gasteiger charge is -2.07. The monoisotopic (exact) mass is 444 g/mol. The third-order valence-corrected chi connectivity index (χ3v) is 6.57. The molecule has 6 rings (SSSR count). The van der Waals surface area contributed by atoms with Crippen LogP contribution in [0.5, 0.6) is 0 Å². The van der Waals surface area contributed by atoms with Gasteiger partial charge in [0, 0.05) is 45.3 Å². The van der Waals surface area contributed by atoms with Crippen molar-refractivity contribution in [1.29, 1.82) is 0 Å². The summed E-state index contributed by atoms with van der Waals surface area (Å²) in [5, 5.41) is 4.68. The van der Waals surface area contributed by atoms with Crippen molar-refractivity contribution in [2.75, 3.05) is 0 Å². The fraction of sp³-hybridized carbons (Fsp3) is 0.200. The first-order chi connectivity index (χ1) is 16.3. The number of aromatic nitrogens is 4. The lowest BCUT2D eigenvalue weighted by Crippen LogP contribution is -1.91. The SMILES string of the molecule is Cc1cc2ccc3c(C)ccnc3c2nc1C.Cc1cnc2c(ccc3cc(C)c(C)nc32)c1. The Morgan fingerprint density at radius 3 is 1.71 bits per heavy atom. The van der Waals surface area contributed by atoms with Gasteiger partial charge in [-0.25, -0.2) is 0 Å². The zero-order valence-electron chi connectivity index (χ0n) is 20.6.